The van der Waals surface area contributed by atoms with Crippen LogP contribution in [0.25, 0.3) is 21.3 Å². The summed E-state index contributed by atoms with van der Waals surface area (Å²) < 4.78 is 1.38. The van der Waals surface area contributed by atoms with Gasteiger partial charge in [-0.1, -0.05) is 29.8 Å². The SMILES string of the molecule is CC(=O)Cn1cnc2sc(C)c(-c3ccc(C)cc3)c2c1=O. The lowest BCUT2D eigenvalue weighted by Gasteiger charge is -2.05. The highest BCUT2D eigenvalue weighted by Crippen LogP contribution is 2.35. The van der Waals surface area contributed by atoms with Crippen LogP contribution in [0.15, 0.2) is 35.4 Å². The smallest absolute Gasteiger partial charge is 0.263 e. The van der Waals surface area contributed by atoms with Crippen molar-refractivity contribution >= 4 is 27.3 Å². The second-order valence-electron chi connectivity index (χ2n) is 5.46. The Morgan fingerprint density at radius 1 is 1.23 bits per heavy atom. The average Bonchev–Trinajstić information content (AvgIpc) is 2.80. The third-order valence-electron chi connectivity index (χ3n) is 3.59. The predicted octanol–water partition coefficient (Wildman–Crippen LogP) is 3.33. The zero-order chi connectivity index (χ0) is 15.9. The Hall–Kier alpha value is -2.27. The molecule has 0 fully saturated rings. The number of rotatable bonds is 3. The number of aromatic nitrogens is 2. The highest BCUT2D eigenvalue weighted by Gasteiger charge is 2.17. The van der Waals surface area contributed by atoms with Gasteiger partial charge in [-0.3, -0.25) is 14.2 Å². The van der Waals surface area contributed by atoms with Gasteiger partial charge in [-0.2, -0.15) is 0 Å². The Morgan fingerprint density at radius 2 is 1.91 bits per heavy atom. The molecule has 0 aliphatic carbocycles. The molecule has 0 saturated carbocycles. The number of fused-ring (bicyclic) bond motifs is 1. The summed E-state index contributed by atoms with van der Waals surface area (Å²) in [6, 6.07) is 8.10. The Kier molecular flexibility index (Phi) is 3.66. The fourth-order valence-corrected chi connectivity index (χ4v) is 3.56. The molecular weight excluding hydrogens is 296 g/mol. The molecule has 3 aromatic rings. The third kappa shape index (κ3) is 2.48. The Bertz CT molecular complexity index is 920. The van der Waals surface area contributed by atoms with Crippen LogP contribution in [-0.2, 0) is 11.3 Å². The summed E-state index contributed by atoms with van der Waals surface area (Å²) in [6.07, 6.45) is 1.46. The van der Waals surface area contributed by atoms with E-state index < -0.39 is 0 Å². The molecule has 22 heavy (non-hydrogen) atoms. The number of carbonyl (C=O) groups excluding carboxylic acids is 1. The van der Waals surface area contributed by atoms with E-state index in [0.717, 1.165) is 20.8 Å². The van der Waals surface area contributed by atoms with Gasteiger partial charge in [-0.15, -0.1) is 11.3 Å². The first-order valence-corrected chi connectivity index (χ1v) is 7.84. The highest BCUT2D eigenvalue weighted by atomic mass is 32.1. The minimum Gasteiger partial charge on any atom is -0.298 e. The molecule has 0 amide bonds. The molecule has 0 aliphatic heterocycles. The van der Waals surface area contributed by atoms with E-state index in [1.165, 1.54) is 34.7 Å². The number of hydrogen-bond acceptors (Lipinski definition) is 4. The summed E-state index contributed by atoms with van der Waals surface area (Å²) in [5.74, 6) is -0.0629. The number of carbonyl (C=O) groups is 1. The molecule has 5 heteroatoms. The third-order valence-corrected chi connectivity index (χ3v) is 4.60. The van der Waals surface area contributed by atoms with Crippen LogP contribution in [0.2, 0.25) is 0 Å². The van der Waals surface area contributed by atoms with Crippen molar-refractivity contribution in [2.24, 2.45) is 0 Å². The number of aryl methyl sites for hydroxylation is 2. The first-order chi connectivity index (χ1) is 10.5. The lowest BCUT2D eigenvalue weighted by molar-refractivity contribution is -0.117. The number of nitrogens with zero attached hydrogens (tertiary/aromatic N) is 2. The summed E-state index contributed by atoms with van der Waals surface area (Å²) in [5, 5.41) is 0.607. The van der Waals surface area contributed by atoms with Crippen LogP contribution in [0, 0.1) is 13.8 Å². The number of ketones is 1. The van der Waals surface area contributed by atoms with Gasteiger partial charge in [0, 0.05) is 10.4 Å². The van der Waals surface area contributed by atoms with Crippen molar-refractivity contribution in [1.29, 1.82) is 0 Å². The lowest BCUT2D eigenvalue weighted by Crippen LogP contribution is -2.23. The molecule has 0 aliphatic rings. The number of hydrogen-bond donors (Lipinski definition) is 0. The van der Waals surface area contributed by atoms with Crippen LogP contribution in [0.4, 0.5) is 0 Å². The van der Waals surface area contributed by atoms with Crippen molar-refractivity contribution in [2.75, 3.05) is 0 Å². The maximum Gasteiger partial charge on any atom is 0.263 e. The molecule has 0 bridgehead atoms. The van der Waals surface area contributed by atoms with Gasteiger partial charge in [0.2, 0.25) is 0 Å². The van der Waals surface area contributed by atoms with Crippen molar-refractivity contribution in [3.05, 3.63) is 51.4 Å². The van der Waals surface area contributed by atoms with Gasteiger partial charge in [0.15, 0.2) is 0 Å². The van der Waals surface area contributed by atoms with Gasteiger partial charge >= 0.3 is 0 Å². The lowest BCUT2D eigenvalue weighted by atomic mass is 10.0. The average molecular weight is 312 g/mol. The molecule has 1 aromatic carbocycles. The predicted molar refractivity (Wildman–Crippen MR) is 89.5 cm³/mol. The maximum atomic E-state index is 12.7. The summed E-state index contributed by atoms with van der Waals surface area (Å²) in [6.45, 7) is 5.56. The van der Waals surface area contributed by atoms with Crippen molar-refractivity contribution < 1.29 is 4.79 Å². The van der Waals surface area contributed by atoms with Crippen molar-refractivity contribution in [3.8, 4) is 11.1 Å². The van der Waals surface area contributed by atoms with E-state index in [2.05, 4.69) is 4.98 Å². The van der Waals surface area contributed by atoms with Gasteiger partial charge < -0.3 is 0 Å². The van der Waals surface area contributed by atoms with Crippen molar-refractivity contribution in [3.63, 3.8) is 0 Å². The number of thiophene rings is 1. The quantitative estimate of drug-likeness (QED) is 0.745. The van der Waals surface area contributed by atoms with Crippen LogP contribution in [0.1, 0.15) is 17.4 Å². The second-order valence-corrected chi connectivity index (χ2v) is 6.66. The number of benzene rings is 1. The summed E-state index contributed by atoms with van der Waals surface area (Å²) >= 11 is 1.51. The number of Topliss-reactive ketones (excluding diaryl/α,β-unsaturated/α-hetero) is 1. The van der Waals surface area contributed by atoms with Crippen LogP contribution in [0.5, 0.6) is 0 Å². The largest absolute Gasteiger partial charge is 0.298 e. The van der Waals surface area contributed by atoms with Gasteiger partial charge in [0.1, 0.15) is 10.6 Å². The minimum atomic E-state index is -0.153. The van der Waals surface area contributed by atoms with Gasteiger partial charge in [-0.05, 0) is 26.3 Å². The summed E-state index contributed by atoms with van der Waals surface area (Å²) in [5.41, 5.74) is 2.96. The molecule has 0 spiro atoms. The standard InChI is InChI=1S/C17H16N2O2S/c1-10-4-6-13(7-5-10)14-12(3)22-16-15(14)17(21)19(9-18-16)8-11(2)20/h4-7,9H,8H2,1-3H3. The molecule has 2 heterocycles. The van der Waals surface area contributed by atoms with E-state index in [1.807, 2.05) is 38.1 Å². The van der Waals surface area contributed by atoms with E-state index in [4.69, 9.17) is 0 Å². The molecule has 2 aromatic heterocycles. The molecule has 112 valence electrons. The fourth-order valence-electron chi connectivity index (χ4n) is 2.56. The summed E-state index contributed by atoms with van der Waals surface area (Å²) in [7, 11) is 0. The highest BCUT2D eigenvalue weighted by molar-refractivity contribution is 7.19. The van der Waals surface area contributed by atoms with Crippen LogP contribution in [-0.4, -0.2) is 15.3 Å². The van der Waals surface area contributed by atoms with Gasteiger partial charge in [-0.25, -0.2) is 4.98 Å². The Balaban J connectivity index is 2.29. The molecule has 0 saturated heterocycles. The molecule has 0 radical (unpaired) electrons. The van der Waals surface area contributed by atoms with Gasteiger partial charge in [0.25, 0.3) is 5.56 Å². The summed E-state index contributed by atoms with van der Waals surface area (Å²) in [4.78, 5) is 30.2. The van der Waals surface area contributed by atoms with Crippen LogP contribution < -0.4 is 5.56 Å². The second kappa shape index (κ2) is 5.50. The molecule has 0 N–H and O–H groups in total. The first kappa shape index (κ1) is 14.7. The van der Waals surface area contributed by atoms with Crippen molar-refractivity contribution in [1.82, 2.24) is 9.55 Å². The van der Waals surface area contributed by atoms with E-state index in [-0.39, 0.29) is 17.9 Å². The minimum absolute atomic E-state index is 0.0595. The molecular formula is C17H16N2O2S. The van der Waals surface area contributed by atoms with Gasteiger partial charge in [0.05, 0.1) is 18.3 Å². The van der Waals surface area contributed by atoms with E-state index in [1.54, 1.807) is 0 Å². The normalized spacial score (nSPS) is 11.0. The fraction of sp³-hybridized carbons (Fsp3) is 0.235. The van der Waals surface area contributed by atoms with Crippen molar-refractivity contribution in [2.45, 2.75) is 27.3 Å². The zero-order valence-electron chi connectivity index (χ0n) is 12.7. The Labute approximate surface area is 132 Å². The van der Waals surface area contributed by atoms with E-state index >= 15 is 0 Å². The first-order valence-electron chi connectivity index (χ1n) is 7.02. The van der Waals surface area contributed by atoms with E-state index in [0.29, 0.717) is 5.39 Å². The molecule has 0 unspecified atom stereocenters. The maximum absolute atomic E-state index is 12.7. The molecule has 3 rings (SSSR count). The van der Waals surface area contributed by atoms with Crippen LogP contribution in [0.3, 0.4) is 0 Å². The molecule has 4 nitrogen and oxygen atoms in total. The topological polar surface area (TPSA) is 52.0 Å². The zero-order valence-corrected chi connectivity index (χ0v) is 13.5. The van der Waals surface area contributed by atoms with Crippen LogP contribution >= 0.6 is 11.3 Å². The monoisotopic (exact) mass is 312 g/mol. The Morgan fingerprint density at radius 3 is 2.55 bits per heavy atom. The van der Waals surface area contributed by atoms with E-state index in [9.17, 15) is 9.59 Å². The molecule has 0 atom stereocenters.